The average Bonchev–Trinajstić information content (AvgIpc) is 2.68. The Morgan fingerprint density at radius 1 is 1.32 bits per heavy atom. The van der Waals surface area contributed by atoms with E-state index in [1.165, 1.54) is 6.42 Å². The summed E-state index contributed by atoms with van der Waals surface area (Å²) in [6, 6.07) is 0.421. The number of hydrogen-bond acceptors (Lipinski definition) is 2. The van der Waals surface area contributed by atoms with Crippen molar-refractivity contribution in [2.24, 2.45) is 23.0 Å². The van der Waals surface area contributed by atoms with Crippen LogP contribution in [0, 0.1) is 17.3 Å². The Kier molecular flexibility index (Phi) is 6.31. The monoisotopic (exact) mass is 268 g/mol. The molecular formula is C16H32N2O. The number of carbonyl (C=O) groups excluding carboxylic acids is 1. The molecule has 0 aliphatic heterocycles. The Balaban J connectivity index is 2.31. The van der Waals surface area contributed by atoms with E-state index in [1.807, 2.05) is 0 Å². The fourth-order valence-corrected chi connectivity index (χ4v) is 3.15. The van der Waals surface area contributed by atoms with Crippen molar-refractivity contribution in [1.29, 1.82) is 0 Å². The Bertz CT molecular complexity index is 283. The van der Waals surface area contributed by atoms with Gasteiger partial charge >= 0.3 is 0 Å². The summed E-state index contributed by atoms with van der Waals surface area (Å²) in [6.45, 7) is 9.70. The number of hydrogen-bond donors (Lipinski definition) is 2. The zero-order chi connectivity index (χ0) is 14.5. The third-order valence-corrected chi connectivity index (χ3v) is 4.52. The fraction of sp³-hybridized carbons (Fsp3) is 0.938. The van der Waals surface area contributed by atoms with Crippen molar-refractivity contribution in [3.63, 3.8) is 0 Å². The van der Waals surface area contributed by atoms with Gasteiger partial charge in [-0.1, -0.05) is 27.7 Å². The molecule has 3 nitrogen and oxygen atoms in total. The highest BCUT2D eigenvalue weighted by Gasteiger charge is 2.26. The SMILES string of the molecule is CC1CCC(NC(=O)CCC(CCN)C(C)(C)C)C1. The van der Waals surface area contributed by atoms with Crippen molar-refractivity contribution in [2.45, 2.75) is 72.3 Å². The lowest BCUT2D eigenvalue weighted by molar-refractivity contribution is -0.122. The predicted molar refractivity (Wildman–Crippen MR) is 80.8 cm³/mol. The van der Waals surface area contributed by atoms with E-state index in [9.17, 15) is 4.79 Å². The molecule has 112 valence electrons. The Morgan fingerprint density at radius 2 is 2.00 bits per heavy atom. The van der Waals surface area contributed by atoms with Gasteiger partial charge < -0.3 is 11.1 Å². The average molecular weight is 268 g/mol. The van der Waals surface area contributed by atoms with Crippen LogP contribution in [0.4, 0.5) is 0 Å². The molecule has 1 aliphatic carbocycles. The van der Waals surface area contributed by atoms with Gasteiger partial charge in [-0.05, 0) is 55.9 Å². The van der Waals surface area contributed by atoms with Crippen LogP contribution in [0.1, 0.15) is 66.2 Å². The van der Waals surface area contributed by atoms with Gasteiger partial charge in [-0.3, -0.25) is 4.79 Å². The van der Waals surface area contributed by atoms with Gasteiger partial charge in [-0.15, -0.1) is 0 Å². The van der Waals surface area contributed by atoms with Crippen LogP contribution in [-0.2, 0) is 4.79 Å². The minimum absolute atomic E-state index is 0.227. The van der Waals surface area contributed by atoms with Crippen molar-refractivity contribution in [2.75, 3.05) is 6.54 Å². The summed E-state index contributed by atoms with van der Waals surface area (Å²) in [6.07, 6.45) is 6.16. The third-order valence-electron chi connectivity index (χ3n) is 4.52. The van der Waals surface area contributed by atoms with Crippen molar-refractivity contribution in [1.82, 2.24) is 5.32 Å². The van der Waals surface area contributed by atoms with E-state index in [4.69, 9.17) is 5.73 Å². The zero-order valence-corrected chi connectivity index (χ0v) is 13.2. The van der Waals surface area contributed by atoms with Crippen LogP contribution >= 0.6 is 0 Å². The maximum absolute atomic E-state index is 12.0. The number of nitrogens with one attached hydrogen (secondary N) is 1. The molecule has 0 spiro atoms. The first kappa shape index (κ1) is 16.5. The van der Waals surface area contributed by atoms with Crippen molar-refractivity contribution < 1.29 is 4.79 Å². The molecule has 3 atom stereocenters. The zero-order valence-electron chi connectivity index (χ0n) is 13.2. The summed E-state index contributed by atoms with van der Waals surface area (Å²) in [7, 11) is 0. The summed E-state index contributed by atoms with van der Waals surface area (Å²) in [4.78, 5) is 12.0. The first-order valence-electron chi connectivity index (χ1n) is 7.82. The van der Waals surface area contributed by atoms with Crippen LogP contribution in [0.2, 0.25) is 0 Å². The minimum Gasteiger partial charge on any atom is -0.353 e. The molecule has 1 rings (SSSR count). The molecule has 1 saturated carbocycles. The summed E-state index contributed by atoms with van der Waals surface area (Å²) in [5.74, 6) is 1.53. The first-order chi connectivity index (χ1) is 8.82. The van der Waals surface area contributed by atoms with Gasteiger partial charge in [0.2, 0.25) is 5.91 Å². The minimum atomic E-state index is 0.227. The van der Waals surface area contributed by atoms with E-state index < -0.39 is 0 Å². The molecule has 1 fully saturated rings. The van der Waals surface area contributed by atoms with Crippen LogP contribution < -0.4 is 11.1 Å². The maximum Gasteiger partial charge on any atom is 0.220 e. The maximum atomic E-state index is 12.0. The van der Waals surface area contributed by atoms with Crippen LogP contribution in [0.5, 0.6) is 0 Å². The molecule has 3 N–H and O–H groups in total. The largest absolute Gasteiger partial charge is 0.353 e. The molecule has 0 bridgehead atoms. The normalized spacial score (nSPS) is 25.3. The molecule has 0 aromatic heterocycles. The van der Waals surface area contributed by atoms with Crippen molar-refractivity contribution in [3.8, 4) is 0 Å². The highest BCUT2D eigenvalue weighted by atomic mass is 16.1. The Morgan fingerprint density at radius 3 is 2.47 bits per heavy atom. The van der Waals surface area contributed by atoms with Gasteiger partial charge in [-0.2, -0.15) is 0 Å². The van der Waals surface area contributed by atoms with E-state index in [0.29, 0.717) is 24.9 Å². The lowest BCUT2D eigenvalue weighted by Crippen LogP contribution is -2.34. The molecule has 0 heterocycles. The van der Waals surface area contributed by atoms with Crippen molar-refractivity contribution >= 4 is 5.91 Å². The van der Waals surface area contributed by atoms with E-state index in [-0.39, 0.29) is 11.3 Å². The number of carbonyl (C=O) groups is 1. The molecular weight excluding hydrogens is 236 g/mol. The third kappa shape index (κ3) is 5.94. The van der Waals surface area contributed by atoms with E-state index in [1.54, 1.807) is 0 Å². The van der Waals surface area contributed by atoms with Gasteiger partial charge in [-0.25, -0.2) is 0 Å². The van der Waals surface area contributed by atoms with Gasteiger partial charge in [0, 0.05) is 12.5 Å². The summed E-state index contributed by atoms with van der Waals surface area (Å²) >= 11 is 0. The second-order valence-electron chi connectivity index (χ2n) is 7.36. The lowest BCUT2D eigenvalue weighted by atomic mass is 9.76. The van der Waals surface area contributed by atoms with Crippen LogP contribution in [0.3, 0.4) is 0 Å². The number of nitrogens with two attached hydrogens (primary N) is 1. The molecule has 19 heavy (non-hydrogen) atoms. The second kappa shape index (κ2) is 7.28. The van der Waals surface area contributed by atoms with Crippen molar-refractivity contribution in [3.05, 3.63) is 0 Å². The summed E-state index contributed by atoms with van der Waals surface area (Å²) in [5, 5.41) is 3.19. The molecule has 3 unspecified atom stereocenters. The standard InChI is InChI=1S/C16H32N2O/c1-12-5-7-14(11-12)18-15(19)8-6-13(9-10-17)16(2,3)4/h12-14H,5-11,17H2,1-4H3,(H,18,19). The highest BCUT2D eigenvalue weighted by molar-refractivity contribution is 5.76. The first-order valence-corrected chi connectivity index (χ1v) is 7.82. The highest BCUT2D eigenvalue weighted by Crippen LogP contribution is 2.32. The quantitative estimate of drug-likeness (QED) is 0.778. The van der Waals surface area contributed by atoms with E-state index in [2.05, 4.69) is 33.0 Å². The van der Waals surface area contributed by atoms with Crippen LogP contribution in [0.25, 0.3) is 0 Å². The summed E-state index contributed by atoms with van der Waals surface area (Å²) in [5.41, 5.74) is 5.92. The lowest BCUT2D eigenvalue weighted by Gasteiger charge is -2.30. The molecule has 1 amide bonds. The molecule has 1 aliphatic rings. The van der Waals surface area contributed by atoms with Crippen LogP contribution in [0.15, 0.2) is 0 Å². The summed E-state index contributed by atoms with van der Waals surface area (Å²) < 4.78 is 0. The number of amides is 1. The van der Waals surface area contributed by atoms with Gasteiger partial charge in [0.25, 0.3) is 0 Å². The van der Waals surface area contributed by atoms with Gasteiger partial charge in [0.1, 0.15) is 0 Å². The molecule has 3 heteroatoms. The molecule has 0 aromatic rings. The second-order valence-corrected chi connectivity index (χ2v) is 7.36. The Labute approximate surface area is 118 Å². The number of rotatable bonds is 6. The Hall–Kier alpha value is -0.570. The fourth-order valence-electron chi connectivity index (χ4n) is 3.15. The smallest absolute Gasteiger partial charge is 0.220 e. The topological polar surface area (TPSA) is 55.1 Å². The molecule has 0 aromatic carbocycles. The van der Waals surface area contributed by atoms with E-state index in [0.717, 1.165) is 31.6 Å². The predicted octanol–water partition coefficient (Wildman–Crippen LogP) is 3.08. The van der Waals surface area contributed by atoms with E-state index >= 15 is 0 Å². The van der Waals surface area contributed by atoms with Crippen LogP contribution in [-0.4, -0.2) is 18.5 Å². The molecule has 0 radical (unpaired) electrons. The molecule has 0 saturated heterocycles. The van der Waals surface area contributed by atoms with Gasteiger partial charge in [0.15, 0.2) is 0 Å². The van der Waals surface area contributed by atoms with Gasteiger partial charge in [0.05, 0.1) is 0 Å².